The van der Waals surface area contributed by atoms with Gasteiger partial charge >= 0.3 is 12.1 Å². The molecule has 1 aliphatic heterocycles. The summed E-state index contributed by atoms with van der Waals surface area (Å²) in [6.45, 7) is 7.55. The van der Waals surface area contributed by atoms with Crippen molar-refractivity contribution in [1.29, 1.82) is 0 Å². The number of amides is 5. The highest BCUT2D eigenvalue weighted by atomic mass is 16.5. The van der Waals surface area contributed by atoms with Gasteiger partial charge in [-0.3, -0.25) is 4.79 Å². The van der Waals surface area contributed by atoms with E-state index in [1.54, 1.807) is 68.0 Å². The zero-order valence-corrected chi connectivity index (χ0v) is 24.5. The zero-order valence-electron chi connectivity index (χ0n) is 24.5. The number of urea groups is 2. The summed E-state index contributed by atoms with van der Waals surface area (Å²) >= 11 is 0. The molecular formula is C30H38N6O6. The number of aliphatic hydroxyl groups is 1. The molecule has 0 bridgehead atoms. The Morgan fingerprint density at radius 2 is 1.86 bits per heavy atom. The molecule has 3 aromatic rings. The molecule has 2 heterocycles. The summed E-state index contributed by atoms with van der Waals surface area (Å²) in [4.78, 5) is 42.3. The summed E-state index contributed by atoms with van der Waals surface area (Å²) in [6, 6.07) is 13.1. The molecule has 0 aliphatic carbocycles. The van der Waals surface area contributed by atoms with Crippen LogP contribution >= 0.6 is 0 Å². The Labute approximate surface area is 245 Å². The van der Waals surface area contributed by atoms with Gasteiger partial charge in [-0.1, -0.05) is 30.3 Å². The normalized spacial score (nSPS) is 17.6. The summed E-state index contributed by atoms with van der Waals surface area (Å²) in [6.07, 6.45) is -0.471. The zero-order chi connectivity index (χ0) is 30.4. The maximum atomic E-state index is 13.5. The lowest BCUT2D eigenvalue weighted by Crippen LogP contribution is -2.48. The average molecular weight is 579 g/mol. The standard InChI is InChI=1S/C30H38N6O6/c1-18-15-36(19(2)17-37)27(38)14-22-13-24(31-29(39)33-28-20(3)34-42-21(28)4)11-12-25(22)41-26(18)16-35(5)30(40)32-23-9-7-6-8-10-23/h6-13,18-19,26,37H,14-17H2,1-5H3,(H,32,40)(H2,31,33,39)/t18-,19+,26-/m1/s1. The Morgan fingerprint density at radius 1 is 1.12 bits per heavy atom. The van der Waals surface area contributed by atoms with Crippen molar-refractivity contribution < 1.29 is 28.8 Å². The number of nitrogens with zero attached hydrogens (tertiary/aromatic N) is 3. The lowest BCUT2D eigenvalue weighted by atomic mass is 10.0. The molecule has 12 heteroatoms. The van der Waals surface area contributed by atoms with Crippen LogP contribution in [0.15, 0.2) is 53.1 Å². The van der Waals surface area contributed by atoms with Crippen LogP contribution in [0.1, 0.15) is 30.9 Å². The van der Waals surface area contributed by atoms with E-state index < -0.39 is 18.2 Å². The van der Waals surface area contributed by atoms with Crippen LogP contribution in [-0.4, -0.2) is 76.9 Å². The van der Waals surface area contributed by atoms with Gasteiger partial charge in [-0.25, -0.2) is 9.59 Å². The van der Waals surface area contributed by atoms with Gasteiger partial charge in [-0.15, -0.1) is 0 Å². The van der Waals surface area contributed by atoms with E-state index in [0.717, 1.165) is 0 Å². The SMILES string of the molecule is Cc1noc(C)c1NC(=O)Nc1ccc2c(c1)CC(=O)N([C@@H](C)CO)C[C@@H](C)[C@@H](CN(C)C(=O)Nc1ccccc1)O2. The van der Waals surface area contributed by atoms with E-state index in [-0.39, 0.29) is 37.4 Å². The van der Waals surface area contributed by atoms with Gasteiger partial charge in [-0.2, -0.15) is 0 Å². The molecule has 0 radical (unpaired) electrons. The Morgan fingerprint density at radius 3 is 2.52 bits per heavy atom. The molecule has 4 N–H and O–H groups in total. The van der Waals surface area contributed by atoms with Crippen LogP contribution in [0.3, 0.4) is 0 Å². The van der Waals surface area contributed by atoms with Crippen molar-refractivity contribution >= 4 is 35.0 Å². The second-order valence-corrected chi connectivity index (χ2v) is 10.7. The van der Waals surface area contributed by atoms with Crippen LogP contribution < -0.4 is 20.7 Å². The number of aliphatic hydroxyl groups excluding tert-OH is 1. The molecule has 0 saturated carbocycles. The predicted molar refractivity (Wildman–Crippen MR) is 159 cm³/mol. The number of likely N-dealkylation sites (N-methyl/N-ethyl adjacent to an activating group) is 1. The van der Waals surface area contributed by atoms with Gasteiger partial charge in [-0.05, 0) is 51.1 Å². The average Bonchev–Trinajstić information content (AvgIpc) is 3.29. The number of aryl methyl sites for hydroxylation is 2. The highest BCUT2D eigenvalue weighted by molar-refractivity contribution is 6.00. The largest absolute Gasteiger partial charge is 0.488 e. The van der Waals surface area contributed by atoms with E-state index in [0.29, 0.717) is 46.4 Å². The fourth-order valence-corrected chi connectivity index (χ4v) is 4.76. The molecular weight excluding hydrogens is 540 g/mol. The first kappa shape index (κ1) is 30.4. The number of ether oxygens (including phenoxy) is 1. The second-order valence-electron chi connectivity index (χ2n) is 10.7. The van der Waals surface area contributed by atoms with Crippen LogP contribution in [0.2, 0.25) is 0 Å². The van der Waals surface area contributed by atoms with Crippen molar-refractivity contribution in [3.05, 3.63) is 65.5 Å². The van der Waals surface area contributed by atoms with Gasteiger partial charge in [0.15, 0.2) is 5.76 Å². The summed E-state index contributed by atoms with van der Waals surface area (Å²) in [7, 11) is 1.69. The number of hydrogen-bond donors (Lipinski definition) is 4. The first-order valence-electron chi connectivity index (χ1n) is 13.8. The molecule has 0 saturated heterocycles. The Bertz CT molecular complexity index is 1390. The molecule has 0 spiro atoms. The maximum Gasteiger partial charge on any atom is 0.323 e. The van der Waals surface area contributed by atoms with E-state index in [1.807, 2.05) is 25.1 Å². The number of nitrogens with one attached hydrogen (secondary N) is 3. The fourth-order valence-electron chi connectivity index (χ4n) is 4.76. The van der Waals surface area contributed by atoms with E-state index >= 15 is 0 Å². The molecule has 4 rings (SSSR count). The molecule has 3 atom stereocenters. The van der Waals surface area contributed by atoms with Gasteiger partial charge in [0.05, 0.1) is 25.6 Å². The minimum Gasteiger partial charge on any atom is -0.488 e. The third-order valence-corrected chi connectivity index (χ3v) is 7.27. The Hall–Kier alpha value is -4.58. The first-order valence-corrected chi connectivity index (χ1v) is 13.8. The van der Waals surface area contributed by atoms with Crippen LogP contribution in [0.25, 0.3) is 0 Å². The monoisotopic (exact) mass is 578 g/mol. The topological polar surface area (TPSA) is 149 Å². The van der Waals surface area contributed by atoms with Gasteiger partial charge in [0.1, 0.15) is 23.2 Å². The highest BCUT2D eigenvalue weighted by Gasteiger charge is 2.32. The minimum absolute atomic E-state index is 0.00442. The molecule has 1 aromatic heterocycles. The lowest BCUT2D eigenvalue weighted by Gasteiger charge is -2.34. The number of benzene rings is 2. The molecule has 2 aromatic carbocycles. The number of para-hydroxylation sites is 1. The summed E-state index contributed by atoms with van der Waals surface area (Å²) in [5.41, 5.74) is 2.74. The van der Waals surface area contributed by atoms with Crippen molar-refractivity contribution in [1.82, 2.24) is 15.0 Å². The molecule has 12 nitrogen and oxygen atoms in total. The maximum absolute atomic E-state index is 13.5. The Balaban J connectivity index is 1.56. The van der Waals surface area contributed by atoms with E-state index in [1.165, 1.54) is 0 Å². The van der Waals surface area contributed by atoms with Gasteiger partial charge in [0, 0.05) is 36.4 Å². The number of carbonyl (C=O) groups excluding carboxylic acids is 3. The quantitative estimate of drug-likeness (QED) is 0.327. The van der Waals surface area contributed by atoms with Crippen LogP contribution in [-0.2, 0) is 11.2 Å². The lowest BCUT2D eigenvalue weighted by molar-refractivity contribution is -0.134. The first-order chi connectivity index (χ1) is 20.0. The van der Waals surface area contributed by atoms with Gasteiger partial charge < -0.3 is 40.1 Å². The van der Waals surface area contributed by atoms with Crippen molar-refractivity contribution in [3.8, 4) is 5.75 Å². The van der Waals surface area contributed by atoms with Crippen LogP contribution in [0.5, 0.6) is 5.75 Å². The smallest absolute Gasteiger partial charge is 0.323 e. The van der Waals surface area contributed by atoms with Gasteiger partial charge in [0.2, 0.25) is 5.91 Å². The highest BCUT2D eigenvalue weighted by Crippen LogP contribution is 2.29. The number of rotatable bonds is 7. The van der Waals surface area contributed by atoms with Crippen molar-refractivity contribution in [2.75, 3.05) is 42.7 Å². The van der Waals surface area contributed by atoms with Crippen molar-refractivity contribution in [3.63, 3.8) is 0 Å². The van der Waals surface area contributed by atoms with Crippen molar-refractivity contribution in [2.45, 2.75) is 46.3 Å². The molecule has 42 heavy (non-hydrogen) atoms. The molecule has 224 valence electrons. The van der Waals surface area contributed by atoms with Gasteiger partial charge in [0.25, 0.3) is 0 Å². The number of anilines is 3. The van der Waals surface area contributed by atoms with E-state index in [4.69, 9.17) is 9.26 Å². The number of aromatic nitrogens is 1. The Kier molecular flexibility index (Phi) is 9.68. The third-order valence-electron chi connectivity index (χ3n) is 7.27. The molecule has 0 unspecified atom stereocenters. The predicted octanol–water partition coefficient (Wildman–Crippen LogP) is 4.25. The number of fused-ring (bicyclic) bond motifs is 1. The van der Waals surface area contributed by atoms with E-state index in [9.17, 15) is 19.5 Å². The second kappa shape index (κ2) is 13.4. The summed E-state index contributed by atoms with van der Waals surface area (Å²) < 4.78 is 11.6. The van der Waals surface area contributed by atoms with Crippen LogP contribution in [0.4, 0.5) is 26.7 Å². The molecule has 1 aliphatic rings. The molecule has 5 amide bonds. The molecule has 0 fully saturated rings. The van der Waals surface area contributed by atoms with E-state index in [2.05, 4.69) is 21.1 Å². The number of carbonyl (C=O) groups is 3. The van der Waals surface area contributed by atoms with Crippen molar-refractivity contribution in [2.24, 2.45) is 5.92 Å². The number of hydrogen-bond acceptors (Lipinski definition) is 7. The van der Waals surface area contributed by atoms with Crippen LogP contribution in [0, 0.1) is 19.8 Å². The summed E-state index contributed by atoms with van der Waals surface area (Å²) in [5.74, 6) is 0.602. The third kappa shape index (κ3) is 7.38. The fraction of sp³-hybridized carbons (Fsp3) is 0.400. The summed E-state index contributed by atoms with van der Waals surface area (Å²) in [5, 5.41) is 22.1. The minimum atomic E-state index is -0.493.